The van der Waals surface area contributed by atoms with Gasteiger partial charge in [0.25, 0.3) is 5.91 Å². The highest BCUT2D eigenvalue weighted by Crippen LogP contribution is 2.45. The second-order valence-corrected chi connectivity index (χ2v) is 10.0. The third-order valence-corrected chi connectivity index (χ3v) is 8.62. The van der Waals surface area contributed by atoms with Crippen molar-refractivity contribution in [1.82, 2.24) is 14.7 Å². The van der Waals surface area contributed by atoms with Crippen molar-refractivity contribution in [2.45, 2.75) is 23.8 Å². The standard InChI is InChI=1S/C20H27N3O2S2/c24-18(16-4-6-17(7-5-16)19-26-14-15-27-19)21-10-12-23(13-11-21)20(25)22-8-2-1-3-9-22/h4-7,19H,1-3,8-15H2. The maximum Gasteiger partial charge on any atom is 0.320 e. The SMILES string of the molecule is O=C(c1ccc(C2SCCS2)cc1)N1CCN(C(=O)N2CCCCC2)CC1. The van der Waals surface area contributed by atoms with Crippen LogP contribution in [0.1, 0.15) is 39.8 Å². The van der Waals surface area contributed by atoms with Gasteiger partial charge in [-0.2, -0.15) is 0 Å². The van der Waals surface area contributed by atoms with Gasteiger partial charge in [-0.15, -0.1) is 23.5 Å². The van der Waals surface area contributed by atoms with E-state index in [-0.39, 0.29) is 11.9 Å². The number of carbonyl (C=O) groups excluding carboxylic acids is 2. The molecule has 7 heteroatoms. The van der Waals surface area contributed by atoms with Gasteiger partial charge in [0.1, 0.15) is 0 Å². The summed E-state index contributed by atoms with van der Waals surface area (Å²) >= 11 is 3.96. The smallest absolute Gasteiger partial charge is 0.320 e. The summed E-state index contributed by atoms with van der Waals surface area (Å²) in [4.78, 5) is 31.2. The van der Waals surface area contributed by atoms with Gasteiger partial charge in [0.2, 0.25) is 0 Å². The van der Waals surface area contributed by atoms with Crippen molar-refractivity contribution >= 4 is 35.5 Å². The van der Waals surface area contributed by atoms with E-state index in [2.05, 4.69) is 12.1 Å². The topological polar surface area (TPSA) is 43.9 Å². The number of urea groups is 1. The average Bonchev–Trinajstić information content (AvgIpc) is 3.28. The van der Waals surface area contributed by atoms with E-state index in [1.807, 2.05) is 50.4 Å². The second kappa shape index (κ2) is 8.78. The van der Waals surface area contributed by atoms with E-state index in [0.29, 0.717) is 30.8 Å². The molecule has 3 amide bonds. The lowest BCUT2D eigenvalue weighted by molar-refractivity contribution is 0.0633. The Morgan fingerprint density at radius 1 is 0.741 bits per heavy atom. The molecule has 0 atom stereocenters. The van der Waals surface area contributed by atoms with Crippen LogP contribution in [0.4, 0.5) is 4.79 Å². The van der Waals surface area contributed by atoms with Crippen LogP contribution in [0.25, 0.3) is 0 Å². The molecule has 27 heavy (non-hydrogen) atoms. The molecule has 0 aliphatic carbocycles. The van der Waals surface area contributed by atoms with Gasteiger partial charge in [-0.25, -0.2) is 4.79 Å². The van der Waals surface area contributed by atoms with Crippen molar-refractivity contribution in [1.29, 1.82) is 0 Å². The van der Waals surface area contributed by atoms with Crippen LogP contribution in [-0.2, 0) is 0 Å². The van der Waals surface area contributed by atoms with Gasteiger partial charge >= 0.3 is 6.03 Å². The largest absolute Gasteiger partial charge is 0.335 e. The third-order valence-electron chi connectivity index (χ3n) is 5.52. The lowest BCUT2D eigenvalue weighted by Gasteiger charge is -2.38. The number of thioether (sulfide) groups is 2. The Kier molecular flexibility index (Phi) is 6.18. The van der Waals surface area contributed by atoms with Gasteiger partial charge < -0.3 is 14.7 Å². The molecule has 3 saturated heterocycles. The first kappa shape index (κ1) is 19.0. The molecule has 3 aliphatic heterocycles. The van der Waals surface area contributed by atoms with E-state index >= 15 is 0 Å². The Bertz CT molecular complexity index is 662. The molecule has 0 N–H and O–H groups in total. The van der Waals surface area contributed by atoms with E-state index in [1.54, 1.807) is 0 Å². The number of carbonyl (C=O) groups is 2. The fourth-order valence-corrected chi connectivity index (χ4v) is 6.76. The lowest BCUT2D eigenvalue weighted by Crippen LogP contribution is -2.54. The van der Waals surface area contributed by atoms with E-state index in [4.69, 9.17) is 0 Å². The molecule has 0 unspecified atom stereocenters. The number of nitrogens with zero attached hydrogens (tertiary/aromatic N) is 3. The molecule has 146 valence electrons. The van der Waals surface area contributed by atoms with Crippen LogP contribution in [0.3, 0.4) is 0 Å². The van der Waals surface area contributed by atoms with Crippen LogP contribution < -0.4 is 0 Å². The third kappa shape index (κ3) is 4.40. The first-order chi connectivity index (χ1) is 13.2. The van der Waals surface area contributed by atoms with Crippen molar-refractivity contribution in [3.8, 4) is 0 Å². The Morgan fingerprint density at radius 2 is 1.30 bits per heavy atom. The molecule has 0 saturated carbocycles. The summed E-state index contributed by atoms with van der Waals surface area (Å²) in [5, 5.41) is 0. The fraction of sp³-hybridized carbons (Fsp3) is 0.600. The van der Waals surface area contributed by atoms with Gasteiger partial charge in [-0.1, -0.05) is 12.1 Å². The van der Waals surface area contributed by atoms with Crippen molar-refractivity contribution in [2.75, 3.05) is 50.8 Å². The zero-order valence-corrected chi connectivity index (χ0v) is 17.3. The maximum atomic E-state index is 12.8. The number of piperazine rings is 1. The molecule has 0 bridgehead atoms. The zero-order chi connectivity index (χ0) is 18.6. The van der Waals surface area contributed by atoms with Crippen LogP contribution >= 0.6 is 23.5 Å². The number of benzene rings is 1. The van der Waals surface area contributed by atoms with Crippen molar-refractivity contribution < 1.29 is 9.59 Å². The summed E-state index contributed by atoms with van der Waals surface area (Å²) in [6.07, 6.45) is 3.44. The van der Waals surface area contributed by atoms with E-state index in [1.165, 1.54) is 23.5 Å². The lowest BCUT2D eigenvalue weighted by atomic mass is 10.1. The van der Waals surface area contributed by atoms with Crippen LogP contribution in [-0.4, -0.2) is 77.4 Å². The Hall–Kier alpha value is -1.34. The summed E-state index contributed by atoms with van der Waals surface area (Å²) in [6, 6.07) is 8.27. The van der Waals surface area contributed by atoms with Gasteiger partial charge in [-0.05, 0) is 37.0 Å². The van der Waals surface area contributed by atoms with Crippen LogP contribution in [0.2, 0.25) is 0 Å². The van der Waals surface area contributed by atoms with Gasteiger partial charge in [0, 0.05) is 56.3 Å². The van der Waals surface area contributed by atoms with E-state index < -0.39 is 0 Å². The number of hydrogen-bond donors (Lipinski definition) is 0. The molecular weight excluding hydrogens is 378 g/mol. The number of amides is 3. The fourth-order valence-electron chi connectivity index (χ4n) is 3.90. The maximum absolute atomic E-state index is 12.8. The monoisotopic (exact) mass is 405 g/mol. The highest BCUT2D eigenvalue weighted by molar-refractivity contribution is 8.19. The van der Waals surface area contributed by atoms with Crippen LogP contribution in [0, 0.1) is 0 Å². The number of rotatable bonds is 2. The summed E-state index contributed by atoms with van der Waals surface area (Å²) in [6.45, 7) is 4.26. The zero-order valence-electron chi connectivity index (χ0n) is 15.6. The quantitative estimate of drug-likeness (QED) is 0.755. The van der Waals surface area contributed by atoms with Gasteiger partial charge in [0.15, 0.2) is 0 Å². The summed E-state index contributed by atoms with van der Waals surface area (Å²) in [5.74, 6) is 2.49. The molecule has 3 heterocycles. The van der Waals surface area contributed by atoms with Crippen LogP contribution in [0.5, 0.6) is 0 Å². The number of hydrogen-bond acceptors (Lipinski definition) is 4. The van der Waals surface area contributed by atoms with Gasteiger partial charge in [-0.3, -0.25) is 4.79 Å². The molecule has 0 aromatic heterocycles. The van der Waals surface area contributed by atoms with Crippen molar-refractivity contribution in [2.24, 2.45) is 0 Å². The molecule has 3 aliphatic rings. The average molecular weight is 406 g/mol. The summed E-state index contributed by atoms with van der Waals surface area (Å²) < 4.78 is 0.512. The molecule has 5 nitrogen and oxygen atoms in total. The number of piperidine rings is 1. The highest BCUT2D eigenvalue weighted by Gasteiger charge is 2.28. The van der Waals surface area contributed by atoms with Crippen molar-refractivity contribution in [3.63, 3.8) is 0 Å². The van der Waals surface area contributed by atoms with E-state index in [0.717, 1.165) is 31.5 Å². The second-order valence-electron chi connectivity index (χ2n) is 7.31. The molecule has 1 aromatic rings. The molecule has 0 spiro atoms. The Balaban J connectivity index is 1.31. The minimum Gasteiger partial charge on any atom is -0.335 e. The Morgan fingerprint density at radius 3 is 1.93 bits per heavy atom. The molecular formula is C20H27N3O2S2. The molecule has 1 aromatic carbocycles. The first-order valence-corrected chi connectivity index (χ1v) is 12.0. The summed E-state index contributed by atoms with van der Waals surface area (Å²) in [5.41, 5.74) is 2.05. The normalized spacial score (nSPS) is 21.6. The summed E-state index contributed by atoms with van der Waals surface area (Å²) in [7, 11) is 0. The molecule has 0 radical (unpaired) electrons. The predicted octanol–water partition coefficient (Wildman–Crippen LogP) is 3.53. The predicted molar refractivity (Wildman–Crippen MR) is 112 cm³/mol. The Labute approximate surface area is 169 Å². The number of likely N-dealkylation sites (tertiary alicyclic amines) is 1. The molecule has 4 rings (SSSR count). The minimum atomic E-state index is 0.0818. The highest BCUT2D eigenvalue weighted by atomic mass is 32.2. The molecule has 3 fully saturated rings. The minimum absolute atomic E-state index is 0.0818. The van der Waals surface area contributed by atoms with E-state index in [9.17, 15) is 9.59 Å². The van der Waals surface area contributed by atoms with Gasteiger partial charge in [0.05, 0.1) is 4.58 Å². The first-order valence-electron chi connectivity index (χ1n) is 9.89. The van der Waals surface area contributed by atoms with Crippen LogP contribution in [0.15, 0.2) is 24.3 Å². The van der Waals surface area contributed by atoms with Crippen molar-refractivity contribution in [3.05, 3.63) is 35.4 Å².